The minimum Gasteiger partial charge on any atom is -0.463 e. The van der Waals surface area contributed by atoms with E-state index in [4.69, 9.17) is 0 Å². The molecule has 0 aromatic heterocycles. The van der Waals surface area contributed by atoms with E-state index in [2.05, 4.69) is 9.47 Å². The number of esters is 2. The summed E-state index contributed by atoms with van der Waals surface area (Å²) in [6.07, 6.45) is -6.94. The first-order valence-corrected chi connectivity index (χ1v) is 6.11. The van der Waals surface area contributed by atoms with Crippen molar-refractivity contribution in [2.75, 3.05) is 13.2 Å². The minimum atomic E-state index is -5.70. The molecule has 0 amide bonds. The number of rotatable bonds is 7. The largest absolute Gasteiger partial charge is 0.463 e. The molecule has 0 atom stereocenters. The van der Waals surface area contributed by atoms with Crippen LogP contribution in [-0.2, 0) is 19.1 Å². The Morgan fingerprint density at radius 3 is 1.95 bits per heavy atom. The number of ether oxygens (including phenoxy) is 2. The van der Waals surface area contributed by atoms with E-state index in [1.807, 2.05) is 0 Å². The lowest BCUT2D eigenvalue weighted by Crippen LogP contribution is -2.37. The van der Waals surface area contributed by atoms with Gasteiger partial charge in [0.2, 0.25) is 0 Å². The molecule has 124 valence electrons. The lowest BCUT2D eigenvalue weighted by Gasteiger charge is -2.20. The molecule has 0 aliphatic rings. The van der Waals surface area contributed by atoms with Crippen LogP contribution in [0.4, 0.5) is 22.0 Å². The molecule has 0 aliphatic carbocycles. The molecule has 0 rings (SSSR count). The van der Waals surface area contributed by atoms with Gasteiger partial charge in [0, 0.05) is 0 Å². The summed E-state index contributed by atoms with van der Waals surface area (Å²) in [7, 11) is 0. The molecule has 0 spiro atoms. The number of hydrogen-bond donors (Lipinski definition) is 0. The van der Waals surface area contributed by atoms with Crippen LogP contribution in [0.5, 0.6) is 0 Å². The van der Waals surface area contributed by atoms with Gasteiger partial charge in [-0.05, 0) is 20.3 Å². The molecular formula is C12H17F5O4. The van der Waals surface area contributed by atoms with Gasteiger partial charge >= 0.3 is 24.0 Å². The second kappa shape index (κ2) is 7.04. The monoisotopic (exact) mass is 320 g/mol. The smallest absolute Gasteiger partial charge is 0.453 e. The Hall–Kier alpha value is -1.41. The number of hydrogen-bond acceptors (Lipinski definition) is 4. The molecular weight excluding hydrogens is 303 g/mol. The first-order valence-electron chi connectivity index (χ1n) is 6.11. The Kier molecular flexibility index (Phi) is 6.56. The number of carbonyl (C=O) groups is 2. The molecule has 21 heavy (non-hydrogen) atoms. The van der Waals surface area contributed by atoms with Crippen molar-refractivity contribution in [2.24, 2.45) is 5.41 Å². The summed E-state index contributed by atoms with van der Waals surface area (Å²) in [4.78, 5) is 22.5. The van der Waals surface area contributed by atoms with Crippen molar-refractivity contribution in [2.45, 2.75) is 45.7 Å². The van der Waals surface area contributed by atoms with E-state index in [0.717, 1.165) is 0 Å². The highest BCUT2D eigenvalue weighted by atomic mass is 19.4. The Morgan fingerprint density at radius 1 is 1.00 bits per heavy atom. The normalized spacial score (nSPS) is 13.0. The van der Waals surface area contributed by atoms with Gasteiger partial charge in [0.1, 0.15) is 0 Å². The summed E-state index contributed by atoms with van der Waals surface area (Å²) in [5, 5.41) is 0. The van der Waals surface area contributed by atoms with Gasteiger partial charge in [-0.3, -0.25) is 4.79 Å². The van der Waals surface area contributed by atoms with E-state index in [1.165, 1.54) is 0 Å². The first-order chi connectivity index (χ1) is 9.33. The van der Waals surface area contributed by atoms with Gasteiger partial charge in [0.25, 0.3) is 0 Å². The Balaban J connectivity index is 4.12. The second-order valence-corrected chi connectivity index (χ2v) is 4.99. The lowest BCUT2D eigenvalue weighted by molar-refractivity contribution is -0.286. The van der Waals surface area contributed by atoms with Crippen molar-refractivity contribution >= 4 is 11.9 Å². The summed E-state index contributed by atoms with van der Waals surface area (Å²) < 4.78 is 69.2. The van der Waals surface area contributed by atoms with Crippen LogP contribution in [0.15, 0.2) is 0 Å². The average molecular weight is 320 g/mol. The summed E-state index contributed by atoms with van der Waals surface area (Å²) in [6.45, 7) is 2.91. The van der Waals surface area contributed by atoms with Crippen LogP contribution in [-0.4, -0.2) is 37.3 Å². The Labute approximate surface area is 118 Å². The van der Waals surface area contributed by atoms with Crippen molar-refractivity contribution in [3.05, 3.63) is 0 Å². The van der Waals surface area contributed by atoms with Crippen LogP contribution in [0.2, 0.25) is 0 Å². The van der Waals surface area contributed by atoms with Crippen LogP contribution < -0.4 is 0 Å². The fraction of sp³-hybridized carbons (Fsp3) is 0.833. The maximum Gasteiger partial charge on any atom is 0.453 e. The highest BCUT2D eigenvalue weighted by molar-refractivity contribution is 5.79. The fourth-order valence-electron chi connectivity index (χ4n) is 0.941. The third kappa shape index (κ3) is 6.26. The summed E-state index contributed by atoms with van der Waals surface area (Å²) in [6, 6.07) is 0. The minimum absolute atomic E-state index is 0.443. The Morgan fingerprint density at radius 2 is 1.52 bits per heavy atom. The van der Waals surface area contributed by atoms with Gasteiger partial charge in [-0.25, -0.2) is 4.79 Å². The van der Waals surface area contributed by atoms with E-state index in [1.54, 1.807) is 20.8 Å². The molecule has 0 radical (unpaired) electrons. The van der Waals surface area contributed by atoms with Gasteiger partial charge in [0.15, 0.2) is 6.61 Å². The summed E-state index contributed by atoms with van der Waals surface area (Å²) in [5.41, 5.74) is -0.830. The molecule has 0 bridgehead atoms. The zero-order chi connectivity index (χ0) is 16.9. The SMILES string of the molecule is CCC(C)(C)C(=O)OCC(=O)OCCC(F)(F)C(F)(F)F. The molecule has 0 N–H and O–H groups in total. The molecule has 0 aliphatic heterocycles. The molecule has 9 heteroatoms. The maximum absolute atomic E-state index is 12.5. The highest BCUT2D eigenvalue weighted by Gasteiger charge is 2.56. The van der Waals surface area contributed by atoms with Crippen molar-refractivity contribution < 1.29 is 41.0 Å². The standard InChI is InChI=1S/C12H17F5O4/c1-4-10(2,3)9(19)21-7-8(18)20-6-5-11(13,14)12(15,16)17/h4-7H2,1-3H3. The fourth-order valence-corrected chi connectivity index (χ4v) is 0.941. The maximum atomic E-state index is 12.5. The quantitative estimate of drug-likeness (QED) is 0.534. The molecule has 0 saturated carbocycles. The summed E-state index contributed by atoms with van der Waals surface area (Å²) >= 11 is 0. The first kappa shape index (κ1) is 19.6. The molecule has 4 nitrogen and oxygen atoms in total. The van der Waals surface area contributed by atoms with Crippen LogP contribution in [0, 0.1) is 5.41 Å². The number of halogens is 5. The van der Waals surface area contributed by atoms with E-state index >= 15 is 0 Å². The Bertz CT molecular complexity index is 376. The van der Waals surface area contributed by atoms with Gasteiger partial charge in [-0.15, -0.1) is 0 Å². The molecule has 0 aromatic rings. The third-order valence-corrected chi connectivity index (χ3v) is 2.85. The van der Waals surface area contributed by atoms with Crippen molar-refractivity contribution in [3.8, 4) is 0 Å². The predicted octanol–water partition coefficient (Wildman–Crippen LogP) is 3.10. The third-order valence-electron chi connectivity index (χ3n) is 2.85. The molecule has 0 unspecified atom stereocenters. The van der Waals surface area contributed by atoms with Crippen molar-refractivity contribution in [3.63, 3.8) is 0 Å². The van der Waals surface area contributed by atoms with E-state index < -0.39 is 49.1 Å². The zero-order valence-electron chi connectivity index (χ0n) is 11.9. The van der Waals surface area contributed by atoms with Gasteiger partial charge < -0.3 is 9.47 Å². The van der Waals surface area contributed by atoms with Gasteiger partial charge in [-0.2, -0.15) is 22.0 Å². The van der Waals surface area contributed by atoms with Crippen molar-refractivity contribution in [1.82, 2.24) is 0 Å². The lowest BCUT2D eigenvalue weighted by atomic mass is 9.91. The van der Waals surface area contributed by atoms with E-state index in [9.17, 15) is 31.5 Å². The van der Waals surface area contributed by atoms with Gasteiger partial charge in [0.05, 0.1) is 18.4 Å². The summed E-state index contributed by atoms with van der Waals surface area (Å²) in [5.74, 6) is -6.82. The second-order valence-electron chi connectivity index (χ2n) is 4.99. The molecule has 0 aromatic carbocycles. The molecule has 0 saturated heterocycles. The van der Waals surface area contributed by atoms with Crippen LogP contribution in [0.3, 0.4) is 0 Å². The van der Waals surface area contributed by atoms with Crippen LogP contribution in [0.25, 0.3) is 0 Å². The molecule has 0 heterocycles. The van der Waals surface area contributed by atoms with Crippen LogP contribution >= 0.6 is 0 Å². The zero-order valence-corrected chi connectivity index (χ0v) is 11.9. The van der Waals surface area contributed by atoms with Crippen LogP contribution in [0.1, 0.15) is 33.6 Å². The van der Waals surface area contributed by atoms with E-state index in [-0.39, 0.29) is 0 Å². The topological polar surface area (TPSA) is 52.6 Å². The molecule has 0 fully saturated rings. The highest BCUT2D eigenvalue weighted by Crippen LogP contribution is 2.37. The van der Waals surface area contributed by atoms with E-state index in [0.29, 0.717) is 6.42 Å². The number of carbonyl (C=O) groups excluding carboxylic acids is 2. The van der Waals surface area contributed by atoms with Gasteiger partial charge in [-0.1, -0.05) is 6.92 Å². The predicted molar refractivity (Wildman–Crippen MR) is 61.6 cm³/mol. The number of alkyl halides is 5. The van der Waals surface area contributed by atoms with Crippen molar-refractivity contribution in [1.29, 1.82) is 0 Å². The average Bonchev–Trinajstić information content (AvgIpc) is 2.34.